The summed E-state index contributed by atoms with van der Waals surface area (Å²) in [7, 11) is 0. The molecule has 3 aromatic carbocycles. The van der Waals surface area contributed by atoms with Gasteiger partial charge in [-0.2, -0.15) is 0 Å². The molecule has 0 aromatic heterocycles. The van der Waals surface area contributed by atoms with Crippen molar-refractivity contribution in [2.24, 2.45) is 0 Å². The lowest BCUT2D eigenvalue weighted by molar-refractivity contribution is -0.137. The lowest BCUT2D eigenvalue weighted by Crippen LogP contribution is -2.27. The summed E-state index contributed by atoms with van der Waals surface area (Å²) in [5.74, 6) is 1.97. The summed E-state index contributed by atoms with van der Waals surface area (Å²) in [6.07, 6.45) is 1.59. The minimum atomic E-state index is -2.09. The van der Waals surface area contributed by atoms with E-state index in [2.05, 4.69) is 78.6 Å². The molecule has 0 aliphatic heterocycles. The molecular weight excluding hydrogens is 363 g/mol. The molecule has 0 aliphatic rings. The third-order valence-electron chi connectivity index (χ3n) is 4.52. The molecule has 3 rings (SSSR count). The van der Waals surface area contributed by atoms with Gasteiger partial charge in [0, 0.05) is 6.08 Å². The zero-order valence-electron chi connectivity index (χ0n) is 16.3. The van der Waals surface area contributed by atoms with E-state index >= 15 is 0 Å². The summed E-state index contributed by atoms with van der Waals surface area (Å²) in [5, 5.41) is 3.76. The van der Waals surface area contributed by atoms with Crippen molar-refractivity contribution in [2.75, 3.05) is 6.61 Å². The molecule has 0 saturated carbocycles. The fourth-order valence-corrected chi connectivity index (χ4v) is 7.33. The van der Waals surface area contributed by atoms with Crippen LogP contribution in [0.15, 0.2) is 103 Å². The summed E-state index contributed by atoms with van der Waals surface area (Å²) >= 11 is 0. The van der Waals surface area contributed by atoms with E-state index in [0.717, 1.165) is 5.57 Å². The molecule has 0 N–H and O–H groups in total. The van der Waals surface area contributed by atoms with E-state index in [-0.39, 0.29) is 5.97 Å². The van der Waals surface area contributed by atoms with Crippen LogP contribution in [0.4, 0.5) is 0 Å². The molecule has 0 atom stereocenters. The van der Waals surface area contributed by atoms with Gasteiger partial charge < -0.3 is 4.74 Å². The van der Waals surface area contributed by atoms with Crippen molar-refractivity contribution in [1.82, 2.24) is 0 Å². The van der Waals surface area contributed by atoms with Gasteiger partial charge in [-0.25, -0.2) is 4.79 Å². The molecule has 0 unspecified atom stereocenters. The van der Waals surface area contributed by atoms with Gasteiger partial charge in [-0.05, 0) is 48.0 Å². The summed E-state index contributed by atoms with van der Waals surface area (Å²) in [6, 6.07) is 31.7. The maximum Gasteiger partial charge on any atom is 0.331 e. The van der Waals surface area contributed by atoms with Crippen LogP contribution in [0.25, 0.3) is 0 Å². The Morgan fingerprint density at radius 2 is 1.18 bits per heavy atom. The van der Waals surface area contributed by atoms with Gasteiger partial charge >= 0.3 is 5.97 Å². The molecule has 0 bridgehead atoms. The SMILES string of the molecule is CCOC(=O)/C=C(\C)C=P(c1ccccc1)(c1ccccc1)c1ccccc1. The molecule has 142 valence electrons. The highest BCUT2D eigenvalue weighted by molar-refractivity contribution is 7.94. The lowest BCUT2D eigenvalue weighted by Gasteiger charge is -2.29. The van der Waals surface area contributed by atoms with E-state index in [1.54, 1.807) is 6.08 Å². The quantitative estimate of drug-likeness (QED) is 0.358. The third kappa shape index (κ3) is 4.35. The van der Waals surface area contributed by atoms with Crippen LogP contribution < -0.4 is 15.9 Å². The first-order valence-electron chi connectivity index (χ1n) is 9.43. The largest absolute Gasteiger partial charge is 0.463 e. The highest BCUT2D eigenvalue weighted by Crippen LogP contribution is 2.44. The van der Waals surface area contributed by atoms with Gasteiger partial charge in [0.25, 0.3) is 0 Å². The van der Waals surface area contributed by atoms with Gasteiger partial charge in [0.05, 0.1) is 6.61 Å². The minimum absolute atomic E-state index is 0.302. The van der Waals surface area contributed by atoms with Gasteiger partial charge in [-0.1, -0.05) is 91.0 Å². The smallest absolute Gasteiger partial charge is 0.331 e. The van der Waals surface area contributed by atoms with Crippen molar-refractivity contribution in [1.29, 1.82) is 0 Å². The van der Waals surface area contributed by atoms with Crippen LogP contribution >= 0.6 is 6.89 Å². The van der Waals surface area contributed by atoms with Crippen molar-refractivity contribution in [3.8, 4) is 0 Å². The molecule has 0 amide bonds. The van der Waals surface area contributed by atoms with Crippen LogP contribution in [-0.2, 0) is 9.53 Å². The molecule has 0 aliphatic carbocycles. The second kappa shape index (κ2) is 9.39. The number of carbonyl (C=O) groups excluding carboxylic acids is 1. The molecule has 2 nitrogen and oxygen atoms in total. The highest BCUT2D eigenvalue weighted by Gasteiger charge is 2.24. The molecule has 28 heavy (non-hydrogen) atoms. The normalized spacial score (nSPS) is 11.7. The summed E-state index contributed by atoms with van der Waals surface area (Å²) in [4.78, 5) is 12.0. The lowest BCUT2D eigenvalue weighted by atomic mass is 10.3. The van der Waals surface area contributed by atoms with Gasteiger partial charge in [0.1, 0.15) is 0 Å². The average molecular weight is 388 g/mol. The van der Waals surface area contributed by atoms with Gasteiger partial charge in [-0.15, -0.1) is 0 Å². The Labute approximate surface area is 167 Å². The summed E-state index contributed by atoms with van der Waals surface area (Å²) < 4.78 is 5.12. The molecule has 0 saturated heterocycles. The Morgan fingerprint density at radius 1 is 0.786 bits per heavy atom. The standard InChI is InChI=1S/C25H25O2P/c1-3-27-25(26)19-21(2)20-28(22-13-7-4-8-14-22,23-15-9-5-10-16-23)24-17-11-6-12-18-24/h4-20H,3H2,1-2H3/b21-19+. The first-order chi connectivity index (χ1) is 13.7. The number of hydrogen-bond acceptors (Lipinski definition) is 2. The number of ether oxygens (including phenoxy) is 1. The summed E-state index contributed by atoms with van der Waals surface area (Å²) in [6.45, 7) is 2.08. The average Bonchev–Trinajstić information content (AvgIpc) is 2.74. The third-order valence-corrected chi connectivity index (χ3v) is 8.65. The van der Waals surface area contributed by atoms with Gasteiger partial charge in [0.15, 0.2) is 0 Å². The second-order valence-electron chi connectivity index (χ2n) is 6.50. The molecule has 0 radical (unpaired) electrons. The molecule has 0 fully saturated rings. The van der Waals surface area contributed by atoms with Crippen molar-refractivity contribution < 1.29 is 9.53 Å². The van der Waals surface area contributed by atoms with Crippen LogP contribution in [-0.4, -0.2) is 18.4 Å². The Hall–Kier alpha value is -2.83. The molecule has 0 spiro atoms. The first kappa shape index (κ1) is 19.9. The van der Waals surface area contributed by atoms with Crippen LogP contribution in [0.2, 0.25) is 0 Å². The van der Waals surface area contributed by atoms with Gasteiger partial charge in [0.2, 0.25) is 0 Å². The maximum absolute atomic E-state index is 12.0. The second-order valence-corrected chi connectivity index (χ2v) is 9.75. The maximum atomic E-state index is 12.0. The summed E-state index contributed by atoms with van der Waals surface area (Å²) in [5.41, 5.74) is 0.906. The van der Waals surface area contributed by atoms with E-state index in [9.17, 15) is 4.79 Å². The van der Waals surface area contributed by atoms with Crippen molar-refractivity contribution >= 4 is 34.6 Å². The first-order valence-corrected chi connectivity index (χ1v) is 11.3. The van der Waals surface area contributed by atoms with E-state index in [4.69, 9.17) is 4.74 Å². The Bertz CT molecular complexity index is 887. The highest BCUT2D eigenvalue weighted by atomic mass is 31.2. The number of rotatable bonds is 6. The predicted molar refractivity (Wildman–Crippen MR) is 122 cm³/mol. The van der Waals surface area contributed by atoms with E-state index in [1.807, 2.05) is 32.0 Å². The van der Waals surface area contributed by atoms with Gasteiger partial charge in [-0.3, -0.25) is 0 Å². The zero-order valence-corrected chi connectivity index (χ0v) is 17.2. The van der Waals surface area contributed by atoms with Crippen LogP contribution in [0.1, 0.15) is 13.8 Å². The minimum Gasteiger partial charge on any atom is -0.463 e. The number of benzene rings is 3. The zero-order chi connectivity index (χ0) is 19.8. The van der Waals surface area contributed by atoms with Crippen LogP contribution in [0.5, 0.6) is 0 Å². The van der Waals surface area contributed by atoms with E-state index < -0.39 is 6.89 Å². The fourth-order valence-electron chi connectivity index (χ4n) is 3.37. The van der Waals surface area contributed by atoms with Crippen molar-refractivity contribution in [2.45, 2.75) is 13.8 Å². The monoisotopic (exact) mass is 388 g/mol. The van der Waals surface area contributed by atoms with Crippen molar-refractivity contribution in [3.63, 3.8) is 0 Å². The van der Waals surface area contributed by atoms with Crippen molar-refractivity contribution in [3.05, 3.63) is 103 Å². The Morgan fingerprint density at radius 3 is 1.54 bits per heavy atom. The Kier molecular flexibility index (Phi) is 6.68. The van der Waals surface area contributed by atoms with Crippen LogP contribution in [0.3, 0.4) is 0 Å². The van der Waals surface area contributed by atoms with E-state index in [0.29, 0.717) is 6.61 Å². The van der Waals surface area contributed by atoms with Crippen LogP contribution in [0, 0.1) is 0 Å². The van der Waals surface area contributed by atoms with E-state index in [1.165, 1.54) is 15.9 Å². The fraction of sp³-hybridized carbons (Fsp3) is 0.120. The topological polar surface area (TPSA) is 26.3 Å². The molecule has 3 heteroatoms. The number of hydrogen-bond donors (Lipinski definition) is 0. The molecule has 0 heterocycles. The molecular formula is C25H25O2P. The predicted octanol–water partition coefficient (Wildman–Crippen LogP) is 4.29. The number of carbonyl (C=O) groups is 1. The number of allylic oxidation sites excluding steroid dienone is 1. The molecule has 3 aromatic rings. The Balaban J connectivity index is 2.35. The number of esters is 1.